The Kier molecular flexibility index (Phi) is 5.47. The Morgan fingerprint density at radius 2 is 1.70 bits per heavy atom. The lowest BCUT2D eigenvalue weighted by Crippen LogP contribution is -2.27. The quantitative estimate of drug-likeness (QED) is 0.632. The maximum atomic E-state index is 13.0. The van der Waals surface area contributed by atoms with Crippen molar-refractivity contribution >= 4 is 28.8 Å². The van der Waals surface area contributed by atoms with Gasteiger partial charge < -0.3 is 9.47 Å². The molecular weight excluding hydrogens is 356 g/mol. The highest BCUT2D eigenvalue weighted by atomic mass is 32.1. The molecule has 0 bridgehead atoms. The van der Waals surface area contributed by atoms with E-state index in [1.54, 1.807) is 0 Å². The number of benzene rings is 2. The fraction of sp³-hybridized carbons (Fsp3) is 0.304. The molecule has 0 aromatic heterocycles. The summed E-state index contributed by atoms with van der Waals surface area (Å²) in [5.74, 6) is 1.28. The number of thiocarbonyl (C=S) groups is 1. The van der Waals surface area contributed by atoms with Gasteiger partial charge in [-0.15, -0.1) is 0 Å². The SMILES string of the molecule is Cc1ccc(C2=C(OC(=S)Oc3ccccc3)CC(C)(C)CC2=O)c(C)c1. The van der Waals surface area contributed by atoms with Crippen LogP contribution in [-0.2, 0) is 9.53 Å². The van der Waals surface area contributed by atoms with Gasteiger partial charge in [-0.3, -0.25) is 4.79 Å². The summed E-state index contributed by atoms with van der Waals surface area (Å²) < 4.78 is 11.5. The number of rotatable bonds is 3. The van der Waals surface area contributed by atoms with Gasteiger partial charge in [-0.1, -0.05) is 55.8 Å². The van der Waals surface area contributed by atoms with Crippen molar-refractivity contribution in [2.45, 2.75) is 40.5 Å². The predicted molar refractivity (Wildman–Crippen MR) is 112 cm³/mol. The van der Waals surface area contributed by atoms with Crippen molar-refractivity contribution in [2.75, 3.05) is 0 Å². The molecule has 1 aliphatic carbocycles. The highest BCUT2D eigenvalue weighted by molar-refractivity contribution is 7.79. The molecule has 27 heavy (non-hydrogen) atoms. The van der Waals surface area contributed by atoms with Gasteiger partial charge in [0.2, 0.25) is 0 Å². The average Bonchev–Trinajstić information content (AvgIpc) is 2.56. The molecule has 0 unspecified atom stereocenters. The summed E-state index contributed by atoms with van der Waals surface area (Å²) in [6.45, 7) is 8.18. The molecule has 3 nitrogen and oxygen atoms in total. The summed E-state index contributed by atoms with van der Waals surface area (Å²) in [4.78, 5) is 13.0. The molecule has 0 spiro atoms. The molecular formula is C23H24O3S. The van der Waals surface area contributed by atoms with Crippen LogP contribution in [0.25, 0.3) is 5.57 Å². The first-order chi connectivity index (χ1) is 12.7. The number of para-hydroxylation sites is 1. The Hall–Kier alpha value is -2.46. The Balaban J connectivity index is 1.97. The van der Waals surface area contributed by atoms with Crippen molar-refractivity contribution in [1.82, 2.24) is 0 Å². The van der Waals surface area contributed by atoms with Gasteiger partial charge in [0.05, 0.1) is 5.57 Å². The fourth-order valence-electron chi connectivity index (χ4n) is 3.45. The second-order valence-electron chi connectivity index (χ2n) is 7.82. The van der Waals surface area contributed by atoms with E-state index in [0.29, 0.717) is 29.9 Å². The summed E-state index contributed by atoms with van der Waals surface area (Å²) in [7, 11) is 0. The van der Waals surface area contributed by atoms with E-state index < -0.39 is 0 Å². The van der Waals surface area contributed by atoms with Gasteiger partial charge >= 0.3 is 5.24 Å². The second-order valence-corrected chi connectivity index (χ2v) is 8.16. The number of ether oxygens (including phenoxy) is 2. The van der Waals surface area contributed by atoms with Gasteiger partial charge in [0, 0.05) is 25.1 Å². The highest BCUT2D eigenvalue weighted by Crippen LogP contribution is 2.41. The van der Waals surface area contributed by atoms with Crippen molar-refractivity contribution < 1.29 is 14.3 Å². The van der Waals surface area contributed by atoms with Crippen molar-refractivity contribution in [1.29, 1.82) is 0 Å². The molecule has 0 radical (unpaired) electrons. The second kappa shape index (κ2) is 7.65. The Bertz CT molecular complexity index is 910. The molecule has 2 aromatic rings. The predicted octanol–water partition coefficient (Wildman–Crippen LogP) is 5.78. The molecule has 4 heteroatoms. The number of aryl methyl sites for hydroxylation is 2. The van der Waals surface area contributed by atoms with Gasteiger partial charge in [0.15, 0.2) is 5.78 Å². The Morgan fingerprint density at radius 3 is 2.37 bits per heavy atom. The van der Waals surface area contributed by atoms with Gasteiger partial charge in [-0.25, -0.2) is 0 Å². The zero-order valence-corrected chi connectivity index (χ0v) is 17.0. The maximum absolute atomic E-state index is 13.0. The monoisotopic (exact) mass is 380 g/mol. The number of Topliss-reactive ketones (excluding diaryl/α,β-unsaturated/α-hetero) is 1. The highest BCUT2D eigenvalue weighted by Gasteiger charge is 2.36. The van der Waals surface area contributed by atoms with Crippen LogP contribution in [0.2, 0.25) is 0 Å². The van der Waals surface area contributed by atoms with Crippen LogP contribution in [0.3, 0.4) is 0 Å². The maximum Gasteiger partial charge on any atom is 0.363 e. The molecule has 0 amide bonds. The number of allylic oxidation sites excluding steroid dienone is 2. The first-order valence-corrected chi connectivity index (χ1v) is 9.45. The minimum Gasteiger partial charge on any atom is -0.421 e. The van der Waals surface area contributed by atoms with Crippen molar-refractivity contribution in [3.8, 4) is 5.75 Å². The lowest BCUT2D eigenvalue weighted by Gasteiger charge is -2.32. The number of hydrogen-bond acceptors (Lipinski definition) is 4. The third-order valence-electron chi connectivity index (χ3n) is 4.64. The summed E-state index contributed by atoms with van der Waals surface area (Å²) in [5, 5.41) is 0.00367. The van der Waals surface area contributed by atoms with Crippen LogP contribution >= 0.6 is 12.2 Å². The van der Waals surface area contributed by atoms with Crippen LogP contribution in [0, 0.1) is 19.3 Å². The van der Waals surface area contributed by atoms with Crippen LogP contribution < -0.4 is 4.74 Å². The van der Waals surface area contributed by atoms with E-state index in [1.165, 1.54) is 0 Å². The summed E-state index contributed by atoms with van der Waals surface area (Å²) in [6, 6.07) is 15.3. The summed E-state index contributed by atoms with van der Waals surface area (Å²) >= 11 is 5.30. The van der Waals surface area contributed by atoms with Crippen LogP contribution in [-0.4, -0.2) is 11.0 Å². The van der Waals surface area contributed by atoms with Gasteiger partial charge in [0.1, 0.15) is 11.5 Å². The van der Waals surface area contributed by atoms with E-state index >= 15 is 0 Å². The van der Waals surface area contributed by atoms with Gasteiger partial charge in [-0.05, 0) is 42.5 Å². The van der Waals surface area contributed by atoms with Crippen LogP contribution in [0.4, 0.5) is 0 Å². The molecule has 0 saturated heterocycles. The molecule has 0 saturated carbocycles. The first kappa shape index (κ1) is 19.3. The van der Waals surface area contributed by atoms with Crippen molar-refractivity contribution in [3.63, 3.8) is 0 Å². The molecule has 0 heterocycles. The van der Waals surface area contributed by atoms with E-state index in [2.05, 4.69) is 19.9 Å². The number of carbonyl (C=O) groups excluding carboxylic acids is 1. The topological polar surface area (TPSA) is 35.5 Å². The normalized spacial score (nSPS) is 16.2. The van der Waals surface area contributed by atoms with Crippen LogP contribution in [0.1, 0.15) is 43.4 Å². The standard InChI is InChI=1S/C23H24O3S/c1-15-10-11-18(16(2)12-15)21-19(24)13-23(3,4)14-20(21)26-22(27)25-17-8-6-5-7-9-17/h5-12H,13-14H2,1-4H3. The molecule has 1 aliphatic rings. The van der Waals surface area contributed by atoms with E-state index in [9.17, 15) is 4.79 Å². The molecule has 140 valence electrons. The van der Waals surface area contributed by atoms with Crippen LogP contribution in [0.15, 0.2) is 54.3 Å². The van der Waals surface area contributed by atoms with Gasteiger partial charge in [-0.2, -0.15) is 0 Å². The number of hydrogen-bond donors (Lipinski definition) is 0. The van der Waals surface area contributed by atoms with Gasteiger partial charge in [0.25, 0.3) is 0 Å². The lowest BCUT2D eigenvalue weighted by atomic mass is 9.74. The van der Waals surface area contributed by atoms with E-state index in [4.69, 9.17) is 21.7 Å². The molecule has 2 aromatic carbocycles. The minimum absolute atomic E-state index is 0.00367. The zero-order chi connectivity index (χ0) is 19.6. The fourth-order valence-corrected chi connectivity index (χ4v) is 3.65. The van der Waals surface area contributed by atoms with Crippen LogP contribution in [0.5, 0.6) is 5.75 Å². The number of ketones is 1. The molecule has 0 atom stereocenters. The van der Waals surface area contributed by atoms with E-state index in [1.807, 2.05) is 56.3 Å². The Morgan fingerprint density at radius 1 is 1.00 bits per heavy atom. The van der Waals surface area contributed by atoms with E-state index in [0.717, 1.165) is 16.7 Å². The summed E-state index contributed by atoms with van der Waals surface area (Å²) in [6.07, 6.45) is 1.11. The average molecular weight is 381 g/mol. The van der Waals surface area contributed by atoms with Crippen molar-refractivity contribution in [3.05, 3.63) is 71.0 Å². The lowest BCUT2D eigenvalue weighted by molar-refractivity contribution is -0.116. The first-order valence-electron chi connectivity index (χ1n) is 9.04. The Labute approximate surface area is 166 Å². The van der Waals surface area contributed by atoms with E-state index in [-0.39, 0.29) is 16.4 Å². The molecule has 3 rings (SSSR count). The molecule has 0 fully saturated rings. The smallest absolute Gasteiger partial charge is 0.363 e. The molecule has 0 N–H and O–H groups in total. The number of carbonyl (C=O) groups is 1. The third kappa shape index (κ3) is 4.64. The molecule has 0 aliphatic heterocycles. The van der Waals surface area contributed by atoms with Crippen molar-refractivity contribution in [2.24, 2.45) is 5.41 Å². The largest absolute Gasteiger partial charge is 0.421 e. The minimum atomic E-state index is -0.184. The zero-order valence-electron chi connectivity index (χ0n) is 16.2. The summed E-state index contributed by atoms with van der Waals surface area (Å²) in [5.41, 5.74) is 3.54. The third-order valence-corrected chi connectivity index (χ3v) is 4.80.